The first-order chi connectivity index (χ1) is 8.63. The van der Waals surface area contributed by atoms with Crippen LogP contribution >= 0.6 is 0 Å². The van der Waals surface area contributed by atoms with E-state index in [9.17, 15) is 8.42 Å². The molecule has 0 aliphatic rings. The summed E-state index contributed by atoms with van der Waals surface area (Å²) in [6, 6.07) is 9.68. The Kier molecular flexibility index (Phi) is 3.59. The summed E-state index contributed by atoms with van der Waals surface area (Å²) in [5, 5.41) is 9.14. The Morgan fingerprint density at radius 1 is 1.17 bits per heavy atom. The highest BCUT2D eigenvalue weighted by Gasteiger charge is 2.15. The molecule has 0 bridgehead atoms. The molecule has 6 heteroatoms. The summed E-state index contributed by atoms with van der Waals surface area (Å²) >= 11 is 0. The van der Waals surface area contributed by atoms with Gasteiger partial charge in [0.2, 0.25) is 0 Å². The minimum absolute atomic E-state index is 0.0812. The smallest absolute Gasteiger partial charge is 0.263 e. The molecule has 0 saturated carbocycles. The molecular formula is C12H12N2O3S. The van der Waals surface area contributed by atoms with Gasteiger partial charge in [0.05, 0.1) is 12.3 Å². The summed E-state index contributed by atoms with van der Waals surface area (Å²) in [5.41, 5.74) is 0.883. The van der Waals surface area contributed by atoms with Crippen LogP contribution in [0.3, 0.4) is 0 Å². The summed E-state index contributed by atoms with van der Waals surface area (Å²) in [7, 11) is -3.67. The van der Waals surface area contributed by atoms with Gasteiger partial charge in [-0.1, -0.05) is 18.2 Å². The molecule has 0 amide bonds. The Morgan fingerprint density at radius 3 is 2.61 bits per heavy atom. The predicted octanol–water partition coefficient (Wildman–Crippen LogP) is 1.37. The summed E-state index contributed by atoms with van der Waals surface area (Å²) < 4.78 is 26.5. The highest BCUT2D eigenvalue weighted by Crippen LogP contribution is 2.19. The number of hydrogen-bond acceptors (Lipinski definition) is 4. The van der Waals surface area contributed by atoms with Crippen molar-refractivity contribution in [1.29, 1.82) is 0 Å². The van der Waals surface area contributed by atoms with E-state index >= 15 is 0 Å². The third-order valence-electron chi connectivity index (χ3n) is 2.38. The van der Waals surface area contributed by atoms with E-state index in [-0.39, 0.29) is 11.5 Å². The molecule has 0 aliphatic carbocycles. The number of hydrogen-bond donors (Lipinski definition) is 2. The summed E-state index contributed by atoms with van der Waals surface area (Å²) in [5.74, 6) is 0. The Hall–Kier alpha value is -1.92. The number of pyridine rings is 1. The minimum Gasteiger partial charge on any atom is -0.392 e. The standard InChI is InChI=1S/C12H12N2O3S/c15-9-10-4-1-2-6-12(10)14-18(16,17)11-5-3-7-13-8-11/h1-8,14-15H,9H2. The molecule has 0 atom stereocenters. The zero-order valence-corrected chi connectivity index (χ0v) is 10.3. The van der Waals surface area contributed by atoms with Crippen LogP contribution in [0.5, 0.6) is 0 Å². The first kappa shape index (κ1) is 12.5. The number of sulfonamides is 1. The second-order valence-corrected chi connectivity index (χ2v) is 5.29. The fourth-order valence-electron chi connectivity index (χ4n) is 1.47. The number of nitrogens with zero attached hydrogens (tertiary/aromatic N) is 1. The average Bonchev–Trinajstić information content (AvgIpc) is 2.40. The monoisotopic (exact) mass is 264 g/mol. The Labute approximate surface area is 105 Å². The molecule has 0 fully saturated rings. The van der Waals surface area contributed by atoms with Crippen molar-refractivity contribution in [2.75, 3.05) is 4.72 Å². The maximum Gasteiger partial charge on any atom is 0.263 e. The molecule has 2 aromatic rings. The zero-order chi connectivity index (χ0) is 13.0. The molecule has 94 valence electrons. The van der Waals surface area contributed by atoms with Crippen molar-refractivity contribution in [1.82, 2.24) is 4.98 Å². The van der Waals surface area contributed by atoms with E-state index in [2.05, 4.69) is 9.71 Å². The van der Waals surface area contributed by atoms with Crippen LogP contribution in [-0.4, -0.2) is 18.5 Å². The fraction of sp³-hybridized carbons (Fsp3) is 0.0833. The molecule has 1 heterocycles. The molecule has 2 N–H and O–H groups in total. The van der Waals surface area contributed by atoms with Gasteiger partial charge < -0.3 is 5.11 Å². The lowest BCUT2D eigenvalue weighted by molar-refractivity contribution is 0.282. The van der Waals surface area contributed by atoms with Gasteiger partial charge in [-0.2, -0.15) is 0 Å². The lowest BCUT2D eigenvalue weighted by Crippen LogP contribution is -2.14. The highest BCUT2D eigenvalue weighted by molar-refractivity contribution is 7.92. The molecule has 0 aliphatic heterocycles. The molecule has 0 spiro atoms. The maximum absolute atomic E-state index is 12.0. The molecule has 0 radical (unpaired) electrons. The summed E-state index contributed by atoms with van der Waals surface area (Å²) in [4.78, 5) is 3.85. The van der Waals surface area contributed by atoms with Crippen LogP contribution in [-0.2, 0) is 16.6 Å². The molecule has 2 rings (SSSR count). The van der Waals surface area contributed by atoms with E-state index in [0.29, 0.717) is 11.3 Å². The zero-order valence-electron chi connectivity index (χ0n) is 9.45. The third kappa shape index (κ3) is 2.66. The van der Waals surface area contributed by atoms with E-state index in [1.165, 1.54) is 18.5 Å². The normalized spacial score (nSPS) is 11.2. The van der Waals surface area contributed by atoms with Crippen molar-refractivity contribution in [2.45, 2.75) is 11.5 Å². The van der Waals surface area contributed by atoms with Crippen molar-refractivity contribution in [3.63, 3.8) is 0 Å². The van der Waals surface area contributed by atoms with Crippen molar-refractivity contribution < 1.29 is 13.5 Å². The van der Waals surface area contributed by atoms with E-state index in [1.54, 1.807) is 30.3 Å². The number of para-hydroxylation sites is 1. The second kappa shape index (κ2) is 5.16. The molecular weight excluding hydrogens is 252 g/mol. The van der Waals surface area contributed by atoms with Crippen LogP contribution in [0.4, 0.5) is 5.69 Å². The fourth-order valence-corrected chi connectivity index (χ4v) is 2.53. The quantitative estimate of drug-likeness (QED) is 0.874. The summed E-state index contributed by atoms with van der Waals surface area (Å²) in [6.07, 6.45) is 2.77. The highest BCUT2D eigenvalue weighted by atomic mass is 32.2. The Balaban J connectivity index is 2.34. The molecule has 1 aromatic carbocycles. The SMILES string of the molecule is O=S(=O)(Nc1ccccc1CO)c1cccnc1. The van der Waals surface area contributed by atoms with Crippen LogP contribution in [0.1, 0.15) is 5.56 Å². The van der Waals surface area contributed by atoms with Crippen molar-refractivity contribution in [3.05, 3.63) is 54.4 Å². The lowest BCUT2D eigenvalue weighted by Gasteiger charge is -2.10. The third-order valence-corrected chi connectivity index (χ3v) is 3.73. The number of rotatable bonds is 4. The number of aliphatic hydroxyl groups excluding tert-OH is 1. The average molecular weight is 264 g/mol. The van der Waals surface area contributed by atoms with Crippen LogP contribution < -0.4 is 4.72 Å². The number of aliphatic hydroxyl groups is 1. The molecule has 18 heavy (non-hydrogen) atoms. The van der Waals surface area contributed by atoms with Gasteiger partial charge in [-0.3, -0.25) is 9.71 Å². The number of nitrogens with one attached hydrogen (secondary N) is 1. The molecule has 0 unspecified atom stereocenters. The van der Waals surface area contributed by atoms with Gasteiger partial charge >= 0.3 is 0 Å². The van der Waals surface area contributed by atoms with Crippen LogP contribution in [0.15, 0.2) is 53.7 Å². The predicted molar refractivity (Wildman–Crippen MR) is 67.4 cm³/mol. The Morgan fingerprint density at radius 2 is 1.94 bits per heavy atom. The van der Waals surface area contributed by atoms with Gasteiger partial charge in [-0.15, -0.1) is 0 Å². The molecule has 5 nitrogen and oxygen atoms in total. The largest absolute Gasteiger partial charge is 0.392 e. The van der Waals surface area contributed by atoms with E-state index in [1.807, 2.05) is 0 Å². The topological polar surface area (TPSA) is 79.3 Å². The van der Waals surface area contributed by atoms with Gasteiger partial charge in [-0.05, 0) is 18.2 Å². The summed E-state index contributed by atoms with van der Waals surface area (Å²) in [6.45, 7) is -0.230. The number of benzene rings is 1. The number of anilines is 1. The van der Waals surface area contributed by atoms with Gasteiger partial charge in [0, 0.05) is 18.0 Å². The van der Waals surface area contributed by atoms with Crippen LogP contribution in [0.2, 0.25) is 0 Å². The Bertz CT molecular complexity index is 627. The van der Waals surface area contributed by atoms with Crippen molar-refractivity contribution in [2.24, 2.45) is 0 Å². The van der Waals surface area contributed by atoms with Crippen LogP contribution in [0, 0.1) is 0 Å². The van der Waals surface area contributed by atoms with Gasteiger partial charge in [0.25, 0.3) is 10.0 Å². The molecule has 1 aromatic heterocycles. The van der Waals surface area contributed by atoms with Crippen molar-refractivity contribution >= 4 is 15.7 Å². The number of aromatic nitrogens is 1. The van der Waals surface area contributed by atoms with E-state index in [4.69, 9.17) is 5.11 Å². The molecule has 0 saturated heterocycles. The van der Waals surface area contributed by atoms with Crippen molar-refractivity contribution in [3.8, 4) is 0 Å². The van der Waals surface area contributed by atoms with E-state index in [0.717, 1.165) is 0 Å². The minimum atomic E-state index is -3.67. The maximum atomic E-state index is 12.0. The van der Waals surface area contributed by atoms with Gasteiger partial charge in [0.1, 0.15) is 4.90 Å². The van der Waals surface area contributed by atoms with Gasteiger partial charge in [0.15, 0.2) is 0 Å². The first-order valence-corrected chi connectivity index (χ1v) is 6.73. The van der Waals surface area contributed by atoms with Gasteiger partial charge in [-0.25, -0.2) is 8.42 Å². The first-order valence-electron chi connectivity index (χ1n) is 5.25. The second-order valence-electron chi connectivity index (χ2n) is 3.61. The van der Waals surface area contributed by atoms with E-state index < -0.39 is 10.0 Å². The van der Waals surface area contributed by atoms with Crippen LogP contribution in [0.25, 0.3) is 0 Å². The lowest BCUT2D eigenvalue weighted by atomic mass is 10.2.